The lowest BCUT2D eigenvalue weighted by Crippen LogP contribution is -2.38. The number of anilines is 2. The molecule has 0 spiro atoms. The number of fused-ring (bicyclic) bond motifs is 1. The third-order valence-corrected chi connectivity index (χ3v) is 5.85. The van der Waals surface area contributed by atoms with E-state index >= 15 is 0 Å². The summed E-state index contributed by atoms with van der Waals surface area (Å²) in [6.07, 6.45) is 7.08. The molecule has 2 N–H and O–H groups in total. The maximum absolute atomic E-state index is 13.0. The standard InChI is InChI=1S/C21H27N7O3/c1-14-23-18(26-21(2)3-4-21)17-16(13-31-20(17)24-14)19(29)25-15-11-22-28(12-15)6-5-27-7-9-30-10-8-27/h11-13H,3-10H2,1-2H3,(H,25,29)(H,23,24,26). The number of aryl methyl sites for hydroxylation is 1. The van der Waals surface area contributed by atoms with Gasteiger partial charge in [-0.2, -0.15) is 10.1 Å². The minimum atomic E-state index is -0.275. The van der Waals surface area contributed by atoms with E-state index in [2.05, 4.69) is 37.5 Å². The lowest BCUT2D eigenvalue weighted by molar-refractivity contribution is 0.0360. The first-order valence-corrected chi connectivity index (χ1v) is 10.7. The van der Waals surface area contributed by atoms with Gasteiger partial charge in [0.15, 0.2) is 0 Å². The van der Waals surface area contributed by atoms with Crippen LogP contribution in [0, 0.1) is 6.92 Å². The van der Waals surface area contributed by atoms with Crippen LogP contribution >= 0.6 is 0 Å². The maximum atomic E-state index is 13.0. The maximum Gasteiger partial charge on any atom is 0.259 e. The highest BCUT2D eigenvalue weighted by molar-refractivity contribution is 6.14. The van der Waals surface area contributed by atoms with Crippen LogP contribution in [0.2, 0.25) is 0 Å². The molecule has 1 aliphatic heterocycles. The van der Waals surface area contributed by atoms with Crippen molar-refractivity contribution in [2.75, 3.05) is 43.5 Å². The predicted octanol–water partition coefficient (Wildman–Crippen LogP) is 2.28. The molecule has 2 aliphatic rings. The van der Waals surface area contributed by atoms with Crippen LogP contribution in [-0.2, 0) is 11.3 Å². The monoisotopic (exact) mass is 425 g/mol. The summed E-state index contributed by atoms with van der Waals surface area (Å²) in [4.78, 5) is 24.2. The second-order valence-electron chi connectivity index (χ2n) is 8.53. The molecule has 1 saturated heterocycles. The Balaban J connectivity index is 1.30. The van der Waals surface area contributed by atoms with Crippen molar-refractivity contribution < 1.29 is 13.9 Å². The van der Waals surface area contributed by atoms with Gasteiger partial charge in [0.2, 0.25) is 5.71 Å². The van der Waals surface area contributed by atoms with E-state index in [1.165, 1.54) is 6.26 Å². The second-order valence-corrected chi connectivity index (χ2v) is 8.53. The zero-order chi connectivity index (χ0) is 21.4. The molecule has 0 radical (unpaired) electrons. The summed E-state index contributed by atoms with van der Waals surface area (Å²) in [6.45, 7) is 9.04. The van der Waals surface area contributed by atoms with Crippen molar-refractivity contribution in [3.63, 3.8) is 0 Å². The Hall–Kier alpha value is -2.98. The summed E-state index contributed by atoms with van der Waals surface area (Å²) < 4.78 is 12.8. The number of carbonyl (C=O) groups excluding carboxylic acids is 1. The van der Waals surface area contributed by atoms with Gasteiger partial charge in [0.05, 0.1) is 42.6 Å². The van der Waals surface area contributed by atoms with Gasteiger partial charge in [0, 0.05) is 31.4 Å². The number of ether oxygens (including phenoxy) is 1. The van der Waals surface area contributed by atoms with Crippen LogP contribution < -0.4 is 10.6 Å². The van der Waals surface area contributed by atoms with Crippen molar-refractivity contribution in [2.24, 2.45) is 0 Å². The molecule has 3 aromatic heterocycles. The number of nitrogens with one attached hydrogen (secondary N) is 2. The smallest absolute Gasteiger partial charge is 0.259 e. The Bertz CT molecular complexity index is 1100. The molecule has 164 valence electrons. The van der Waals surface area contributed by atoms with Gasteiger partial charge in [0.1, 0.15) is 17.9 Å². The minimum absolute atomic E-state index is 0.0142. The van der Waals surface area contributed by atoms with Crippen LogP contribution in [-0.4, -0.2) is 68.9 Å². The lowest BCUT2D eigenvalue weighted by atomic mass is 10.2. The van der Waals surface area contributed by atoms with Gasteiger partial charge in [-0.15, -0.1) is 0 Å². The first kappa shape index (κ1) is 20.0. The van der Waals surface area contributed by atoms with Crippen LogP contribution in [0.25, 0.3) is 11.1 Å². The van der Waals surface area contributed by atoms with Gasteiger partial charge in [-0.25, -0.2) is 4.98 Å². The van der Waals surface area contributed by atoms with E-state index in [4.69, 9.17) is 9.15 Å². The Morgan fingerprint density at radius 2 is 2.03 bits per heavy atom. The number of furan rings is 1. The zero-order valence-corrected chi connectivity index (χ0v) is 17.8. The summed E-state index contributed by atoms with van der Waals surface area (Å²) in [5.74, 6) is 0.965. The normalized spacial score (nSPS) is 18.3. The molecule has 2 fully saturated rings. The number of morpholine rings is 1. The average Bonchev–Trinajstić information content (AvgIpc) is 3.14. The van der Waals surface area contributed by atoms with Crippen LogP contribution in [0.5, 0.6) is 0 Å². The fourth-order valence-corrected chi connectivity index (χ4v) is 3.72. The van der Waals surface area contributed by atoms with E-state index in [0.29, 0.717) is 34.0 Å². The third kappa shape index (κ3) is 4.40. The lowest BCUT2D eigenvalue weighted by Gasteiger charge is -2.26. The Kier molecular flexibility index (Phi) is 5.11. The van der Waals surface area contributed by atoms with Crippen LogP contribution in [0.3, 0.4) is 0 Å². The molecule has 1 aliphatic carbocycles. The largest absolute Gasteiger partial charge is 0.445 e. The van der Waals surface area contributed by atoms with Crippen molar-refractivity contribution in [3.05, 3.63) is 30.0 Å². The average molecular weight is 425 g/mol. The molecule has 0 aromatic carbocycles. The highest BCUT2D eigenvalue weighted by Gasteiger charge is 2.38. The van der Waals surface area contributed by atoms with Gasteiger partial charge in [-0.3, -0.25) is 14.4 Å². The van der Waals surface area contributed by atoms with Crippen molar-refractivity contribution in [1.29, 1.82) is 0 Å². The molecule has 5 rings (SSSR count). The van der Waals surface area contributed by atoms with Crippen molar-refractivity contribution in [3.8, 4) is 0 Å². The van der Waals surface area contributed by atoms with Crippen molar-refractivity contribution in [2.45, 2.75) is 38.8 Å². The van der Waals surface area contributed by atoms with E-state index in [0.717, 1.165) is 52.2 Å². The molecule has 31 heavy (non-hydrogen) atoms. The van der Waals surface area contributed by atoms with E-state index in [1.807, 2.05) is 17.8 Å². The highest BCUT2D eigenvalue weighted by Crippen LogP contribution is 2.40. The third-order valence-electron chi connectivity index (χ3n) is 5.85. The SMILES string of the molecule is Cc1nc(NC2(C)CC2)c2c(C(=O)Nc3cnn(CCN4CCOCC4)c3)coc2n1. The summed E-state index contributed by atoms with van der Waals surface area (Å²) in [6, 6.07) is 0. The highest BCUT2D eigenvalue weighted by atomic mass is 16.5. The predicted molar refractivity (Wildman–Crippen MR) is 115 cm³/mol. The van der Waals surface area contributed by atoms with E-state index in [-0.39, 0.29) is 11.4 Å². The number of hydrogen-bond acceptors (Lipinski definition) is 8. The van der Waals surface area contributed by atoms with Crippen LogP contribution in [0.15, 0.2) is 23.1 Å². The van der Waals surface area contributed by atoms with Gasteiger partial charge in [-0.05, 0) is 26.7 Å². The first-order chi connectivity index (χ1) is 15.0. The van der Waals surface area contributed by atoms with Crippen molar-refractivity contribution >= 4 is 28.5 Å². The number of aromatic nitrogens is 4. The molecule has 0 atom stereocenters. The number of carbonyl (C=O) groups is 1. The molecule has 3 aromatic rings. The van der Waals surface area contributed by atoms with Crippen molar-refractivity contribution in [1.82, 2.24) is 24.6 Å². The van der Waals surface area contributed by atoms with E-state index < -0.39 is 0 Å². The topological polar surface area (TPSA) is 110 Å². The molecule has 0 bridgehead atoms. The summed E-state index contributed by atoms with van der Waals surface area (Å²) in [5.41, 5.74) is 1.46. The summed E-state index contributed by atoms with van der Waals surface area (Å²) in [5, 5.41) is 11.3. The Morgan fingerprint density at radius 3 is 2.81 bits per heavy atom. The van der Waals surface area contributed by atoms with Crippen LogP contribution in [0.4, 0.5) is 11.5 Å². The molecule has 10 heteroatoms. The molecule has 1 saturated carbocycles. The van der Waals surface area contributed by atoms with E-state index in [1.54, 1.807) is 6.20 Å². The van der Waals surface area contributed by atoms with Gasteiger partial charge < -0.3 is 19.8 Å². The minimum Gasteiger partial charge on any atom is -0.445 e. The molecule has 0 unspecified atom stereocenters. The first-order valence-electron chi connectivity index (χ1n) is 10.7. The zero-order valence-electron chi connectivity index (χ0n) is 17.8. The summed E-state index contributed by atoms with van der Waals surface area (Å²) >= 11 is 0. The molecule has 10 nitrogen and oxygen atoms in total. The van der Waals surface area contributed by atoms with Crippen LogP contribution in [0.1, 0.15) is 35.9 Å². The number of hydrogen-bond donors (Lipinski definition) is 2. The Labute approximate surface area is 180 Å². The fraction of sp³-hybridized carbons (Fsp3) is 0.524. The van der Waals surface area contributed by atoms with Gasteiger partial charge >= 0.3 is 0 Å². The quantitative estimate of drug-likeness (QED) is 0.593. The molecular weight excluding hydrogens is 398 g/mol. The van der Waals surface area contributed by atoms with Gasteiger partial charge in [0.25, 0.3) is 5.91 Å². The molecule has 4 heterocycles. The van der Waals surface area contributed by atoms with Gasteiger partial charge in [-0.1, -0.05) is 0 Å². The Morgan fingerprint density at radius 1 is 1.23 bits per heavy atom. The number of nitrogens with zero attached hydrogens (tertiary/aromatic N) is 5. The molecule has 1 amide bonds. The molecular formula is C21H27N7O3. The fourth-order valence-electron chi connectivity index (χ4n) is 3.72. The van der Waals surface area contributed by atoms with E-state index in [9.17, 15) is 4.79 Å². The number of amides is 1. The number of rotatable bonds is 7. The summed E-state index contributed by atoms with van der Waals surface area (Å²) in [7, 11) is 0. The second kappa shape index (κ2) is 7.93.